The SMILES string of the molecule is CCOc1ccc2c(c1)nc(CCS)n2CCC(C)C. The van der Waals surface area contributed by atoms with Gasteiger partial charge in [0, 0.05) is 19.0 Å². The molecule has 0 saturated heterocycles. The average Bonchev–Trinajstić information content (AvgIpc) is 2.74. The van der Waals surface area contributed by atoms with E-state index in [9.17, 15) is 0 Å². The Morgan fingerprint density at radius 3 is 2.80 bits per heavy atom. The van der Waals surface area contributed by atoms with Crippen LogP contribution in [-0.4, -0.2) is 21.9 Å². The van der Waals surface area contributed by atoms with Crippen LogP contribution in [-0.2, 0) is 13.0 Å². The van der Waals surface area contributed by atoms with Gasteiger partial charge in [-0.3, -0.25) is 0 Å². The molecule has 0 saturated carbocycles. The molecular weight excluding hydrogens is 268 g/mol. The minimum Gasteiger partial charge on any atom is -0.494 e. The molecule has 3 nitrogen and oxygen atoms in total. The number of hydrogen-bond donors (Lipinski definition) is 1. The first-order valence-electron chi connectivity index (χ1n) is 7.38. The molecule has 2 aromatic rings. The van der Waals surface area contributed by atoms with E-state index in [1.165, 1.54) is 5.52 Å². The summed E-state index contributed by atoms with van der Waals surface area (Å²) in [7, 11) is 0. The van der Waals surface area contributed by atoms with Crippen LogP contribution >= 0.6 is 12.6 Å². The van der Waals surface area contributed by atoms with Crippen LogP contribution in [0, 0.1) is 5.92 Å². The largest absolute Gasteiger partial charge is 0.494 e. The van der Waals surface area contributed by atoms with Crippen molar-refractivity contribution in [2.24, 2.45) is 5.92 Å². The molecule has 0 amide bonds. The highest BCUT2D eigenvalue weighted by Crippen LogP contribution is 2.23. The Bertz CT molecular complexity index is 563. The molecule has 0 aliphatic rings. The first-order chi connectivity index (χ1) is 9.65. The Balaban J connectivity index is 2.37. The van der Waals surface area contributed by atoms with E-state index in [-0.39, 0.29) is 0 Å². The highest BCUT2D eigenvalue weighted by molar-refractivity contribution is 7.80. The Labute approximate surface area is 126 Å². The van der Waals surface area contributed by atoms with Crippen LogP contribution in [0.4, 0.5) is 0 Å². The minimum atomic E-state index is 0.684. The van der Waals surface area contributed by atoms with Crippen LogP contribution in [0.1, 0.15) is 33.0 Å². The summed E-state index contributed by atoms with van der Waals surface area (Å²) in [5, 5.41) is 0. The van der Waals surface area contributed by atoms with Crippen LogP contribution in [0.2, 0.25) is 0 Å². The lowest BCUT2D eigenvalue weighted by Gasteiger charge is -2.10. The number of fused-ring (bicyclic) bond motifs is 1. The van der Waals surface area contributed by atoms with Crippen molar-refractivity contribution in [1.82, 2.24) is 9.55 Å². The van der Waals surface area contributed by atoms with Gasteiger partial charge in [0.25, 0.3) is 0 Å². The number of aryl methyl sites for hydroxylation is 2. The second-order valence-corrected chi connectivity index (χ2v) is 5.87. The lowest BCUT2D eigenvalue weighted by atomic mass is 10.1. The molecule has 1 aromatic carbocycles. The van der Waals surface area contributed by atoms with E-state index in [4.69, 9.17) is 9.72 Å². The second-order valence-electron chi connectivity index (χ2n) is 5.42. The predicted molar refractivity (Wildman–Crippen MR) is 87.9 cm³/mol. The first kappa shape index (κ1) is 15.2. The smallest absolute Gasteiger partial charge is 0.121 e. The van der Waals surface area contributed by atoms with Crippen molar-refractivity contribution in [3.63, 3.8) is 0 Å². The monoisotopic (exact) mass is 292 g/mol. The predicted octanol–water partition coefficient (Wildman–Crippen LogP) is 3.95. The van der Waals surface area contributed by atoms with E-state index in [1.807, 2.05) is 19.1 Å². The Kier molecular flexibility index (Phi) is 5.35. The van der Waals surface area contributed by atoms with E-state index in [0.29, 0.717) is 12.5 Å². The standard InChI is InChI=1S/C16H24N2OS/c1-4-19-13-5-6-15-14(11-13)17-16(8-10-20)18(15)9-7-12(2)3/h5-6,11-12,20H,4,7-10H2,1-3H3. The molecular formula is C16H24N2OS. The zero-order valence-electron chi connectivity index (χ0n) is 12.6. The fourth-order valence-corrected chi connectivity index (χ4v) is 2.54. The Morgan fingerprint density at radius 1 is 1.35 bits per heavy atom. The summed E-state index contributed by atoms with van der Waals surface area (Å²) in [6, 6.07) is 6.19. The van der Waals surface area contributed by atoms with E-state index < -0.39 is 0 Å². The molecule has 0 radical (unpaired) electrons. The number of benzene rings is 1. The summed E-state index contributed by atoms with van der Waals surface area (Å²) in [5.74, 6) is 3.54. The molecule has 110 valence electrons. The molecule has 0 spiro atoms. The molecule has 2 rings (SSSR count). The Morgan fingerprint density at radius 2 is 2.15 bits per heavy atom. The van der Waals surface area contributed by atoms with Gasteiger partial charge in [0.1, 0.15) is 11.6 Å². The molecule has 4 heteroatoms. The third-order valence-corrected chi connectivity index (χ3v) is 3.60. The number of thiol groups is 1. The molecule has 0 aliphatic carbocycles. The van der Waals surface area contributed by atoms with Crippen LogP contribution in [0.25, 0.3) is 11.0 Å². The van der Waals surface area contributed by atoms with Crippen molar-refractivity contribution >= 4 is 23.7 Å². The number of nitrogens with zero attached hydrogens (tertiary/aromatic N) is 2. The van der Waals surface area contributed by atoms with Gasteiger partial charge >= 0.3 is 0 Å². The molecule has 0 aliphatic heterocycles. The number of rotatable bonds is 7. The maximum absolute atomic E-state index is 5.56. The fourth-order valence-electron chi connectivity index (χ4n) is 2.34. The van der Waals surface area contributed by atoms with Crippen molar-refractivity contribution < 1.29 is 4.74 Å². The molecule has 0 bridgehead atoms. The third-order valence-electron chi connectivity index (χ3n) is 3.38. The van der Waals surface area contributed by atoms with E-state index in [2.05, 4.69) is 37.1 Å². The highest BCUT2D eigenvalue weighted by Gasteiger charge is 2.11. The molecule has 20 heavy (non-hydrogen) atoms. The number of ether oxygens (including phenoxy) is 1. The van der Waals surface area contributed by atoms with E-state index >= 15 is 0 Å². The van der Waals surface area contributed by atoms with Gasteiger partial charge in [0.2, 0.25) is 0 Å². The zero-order chi connectivity index (χ0) is 14.5. The maximum atomic E-state index is 5.56. The summed E-state index contributed by atoms with van der Waals surface area (Å²) in [5.41, 5.74) is 2.22. The summed E-state index contributed by atoms with van der Waals surface area (Å²) in [4.78, 5) is 4.76. The van der Waals surface area contributed by atoms with Crippen molar-refractivity contribution in [2.45, 2.75) is 40.2 Å². The summed E-state index contributed by atoms with van der Waals surface area (Å²) >= 11 is 4.35. The average molecular weight is 292 g/mol. The highest BCUT2D eigenvalue weighted by atomic mass is 32.1. The molecule has 1 heterocycles. The van der Waals surface area contributed by atoms with Gasteiger partial charge in [0.15, 0.2) is 0 Å². The lowest BCUT2D eigenvalue weighted by molar-refractivity contribution is 0.340. The zero-order valence-corrected chi connectivity index (χ0v) is 13.5. The van der Waals surface area contributed by atoms with Gasteiger partial charge in [-0.1, -0.05) is 13.8 Å². The van der Waals surface area contributed by atoms with Gasteiger partial charge in [-0.2, -0.15) is 12.6 Å². The topological polar surface area (TPSA) is 27.1 Å². The number of aromatic nitrogens is 2. The van der Waals surface area contributed by atoms with Crippen molar-refractivity contribution in [2.75, 3.05) is 12.4 Å². The van der Waals surface area contributed by atoms with E-state index in [1.54, 1.807) is 0 Å². The van der Waals surface area contributed by atoms with Gasteiger partial charge in [-0.25, -0.2) is 4.98 Å². The Hall–Kier alpha value is -1.16. The van der Waals surface area contributed by atoms with Gasteiger partial charge in [0.05, 0.1) is 17.6 Å². The van der Waals surface area contributed by atoms with Gasteiger partial charge in [-0.05, 0) is 37.1 Å². The van der Waals surface area contributed by atoms with Crippen LogP contribution < -0.4 is 4.74 Å². The normalized spacial score (nSPS) is 11.4. The van der Waals surface area contributed by atoms with Gasteiger partial charge in [-0.15, -0.1) is 0 Å². The molecule has 1 aromatic heterocycles. The van der Waals surface area contributed by atoms with Crippen molar-refractivity contribution in [3.05, 3.63) is 24.0 Å². The molecule has 0 unspecified atom stereocenters. The third kappa shape index (κ3) is 3.48. The van der Waals surface area contributed by atoms with Crippen LogP contribution in [0.3, 0.4) is 0 Å². The van der Waals surface area contributed by atoms with Crippen LogP contribution in [0.15, 0.2) is 18.2 Å². The maximum Gasteiger partial charge on any atom is 0.121 e. The summed E-state index contributed by atoms with van der Waals surface area (Å²) in [6.45, 7) is 8.21. The summed E-state index contributed by atoms with van der Waals surface area (Å²) < 4.78 is 7.89. The molecule has 0 N–H and O–H groups in total. The minimum absolute atomic E-state index is 0.684. The first-order valence-corrected chi connectivity index (χ1v) is 8.01. The lowest BCUT2D eigenvalue weighted by Crippen LogP contribution is -2.06. The van der Waals surface area contributed by atoms with Gasteiger partial charge < -0.3 is 9.30 Å². The molecule has 0 atom stereocenters. The number of hydrogen-bond acceptors (Lipinski definition) is 3. The van der Waals surface area contributed by atoms with Crippen molar-refractivity contribution in [1.29, 1.82) is 0 Å². The van der Waals surface area contributed by atoms with E-state index in [0.717, 1.165) is 42.2 Å². The fraction of sp³-hybridized carbons (Fsp3) is 0.562. The molecule has 0 fully saturated rings. The number of imidazole rings is 1. The van der Waals surface area contributed by atoms with Crippen molar-refractivity contribution in [3.8, 4) is 5.75 Å². The second kappa shape index (κ2) is 7.02. The quantitative estimate of drug-likeness (QED) is 0.782. The van der Waals surface area contributed by atoms with Crippen LogP contribution in [0.5, 0.6) is 5.75 Å². The summed E-state index contributed by atoms with van der Waals surface area (Å²) in [6.07, 6.45) is 2.07.